The van der Waals surface area contributed by atoms with E-state index in [0.29, 0.717) is 0 Å². The van der Waals surface area contributed by atoms with Crippen molar-refractivity contribution in [2.24, 2.45) is 0 Å². The van der Waals surface area contributed by atoms with Crippen molar-refractivity contribution in [3.63, 3.8) is 0 Å². The van der Waals surface area contributed by atoms with Crippen molar-refractivity contribution in [1.82, 2.24) is 4.57 Å². The average molecular weight is 624 g/mol. The van der Waals surface area contributed by atoms with Crippen LogP contribution in [0.4, 0.5) is 0 Å². The van der Waals surface area contributed by atoms with E-state index in [4.69, 9.17) is 4.42 Å². The molecular weight excluding hydrogens is 591 g/mol. The number of aromatic nitrogens is 1. The Balaban J connectivity index is 1.33. The Morgan fingerprint density at radius 2 is 0.872 bits per heavy atom. The molecule has 0 unspecified atom stereocenters. The summed E-state index contributed by atoms with van der Waals surface area (Å²) in [5.74, 6) is 0. The second kappa shape index (κ2) is 10.8. The third kappa shape index (κ3) is 4.27. The van der Waals surface area contributed by atoms with Crippen molar-refractivity contribution < 1.29 is 4.42 Å². The summed E-state index contributed by atoms with van der Waals surface area (Å²) in [6, 6.07) is 60.1. The molecule has 0 saturated heterocycles. The minimum Gasteiger partial charge on any atom is -0.456 e. The van der Waals surface area contributed by atoms with E-state index < -0.39 is 10.0 Å². The maximum absolute atomic E-state index is 6.52. The number of hydrogen-bond donors (Lipinski definition) is 0. The Hall–Kier alpha value is -5.51. The van der Waals surface area contributed by atoms with Crippen LogP contribution in [0.1, 0.15) is 11.1 Å². The van der Waals surface area contributed by atoms with E-state index in [1.54, 1.807) is 0 Å². The summed E-state index contributed by atoms with van der Waals surface area (Å²) in [5.41, 5.74) is 7.89. The number of rotatable bonds is 5. The first-order valence-corrected chi connectivity index (χ1v) is 17.7. The van der Waals surface area contributed by atoms with Gasteiger partial charge in [0.25, 0.3) is 0 Å². The molecule has 9 aromatic rings. The van der Waals surface area contributed by atoms with Crippen molar-refractivity contribution in [2.45, 2.75) is 33.4 Å². The van der Waals surface area contributed by atoms with Gasteiger partial charge in [-0.25, -0.2) is 0 Å². The van der Waals surface area contributed by atoms with E-state index in [2.05, 4.69) is 182 Å². The fourth-order valence-electron chi connectivity index (χ4n) is 7.29. The molecule has 2 aromatic heterocycles. The summed E-state index contributed by atoms with van der Waals surface area (Å²) in [5, 5.41) is 4.82. The van der Waals surface area contributed by atoms with Crippen LogP contribution in [-0.4, -0.2) is 4.57 Å². The summed E-state index contributed by atoms with van der Waals surface area (Å²) < 4.78 is 8.92. The molecule has 3 heteroatoms. The zero-order chi connectivity index (χ0) is 31.5. The van der Waals surface area contributed by atoms with Gasteiger partial charge in [-0.05, 0) is 111 Å². The Labute approximate surface area is 275 Å². The van der Waals surface area contributed by atoms with Gasteiger partial charge in [0.1, 0.15) is 11.2 Å². The number of nitrogens with zero attached hydrogens (tertiary/aromatic N) is 1. The van der Waals surface area contributed by atoms with Crippen LogP contribution in [0.5, 0.6) is 0 Å². The number of hydrogen-bond acceptors (Lipinski definition) is 1. The van der Waals surface area contributed by atoms with Crippen molar-refractivity contribution in [1.29, 1.82) is 0 Å². The van der Waals surface area contributed by atoms with Gasteiger partial charge in [0.2, 0.25) is 0 Å². The highest BCUT2D eigenvalue weighted by Crippen LogP contribution is 2.73. The van der Waals surface area contributed by atoms with Crippen LogP contribution in [0, 0.1) is 13.8 Å². The first kappa shape index (κ1) is 27.8. The van der Waals surface area contributed by atoms with Crippen molar-refractivity contribution in [3.8, 4) is 5.69 Å². The van der Waals surface area contributed by atoms with Crippen LogP contribution in [0.2, 0.25) is 0 Å². The average Bonchev–Trinajstić information content (AvgIpc) is 3.64. The first-order valence-electron chi connectivity index (χ1n) is 16.1. The summed E-state index contributed by atoms with van der Waals surface area (Å²) in [6.45, 7) is 4.34. The molecule has 0 spiro atoms. The highest BCUT2D eigenvalue weighted by Gasteiger charge is 2.33. The molecular formula is C44H33NOS. The van der Waals surface area contributed by atoms with Crippen molar-refractivity contribution in [2.75, 3.05) is 0 Å². The quantitative estimate of drug-likeness (QED) is 0.187. The van der Waals surface area contributed by atoms with E-state index in [1.807, 2.05) is 0 Å². The normalized spacial score (nSPS) is 12.4. The Bertz CT molecular complexity index is 2420. The van der Waals surface area contributed by atoms with Crippen LogP contribution in [0.3, 0.4) is 0 Å². The molecule has 226 valence electrons. The largest absolute Gasteiger partial charge is 0.456 e. The van der Waals surface area contributed by atoms with Gasteiger partial charge >= 0.3 is 0 Å². The number of furan rings is 1. The molecule has 0 saturated carbocycles. The topological polar surface area (TPSA) is 18.1 Å². The van der Waals surface area contributed by atoms with Gasteiger partial charge in [0.05, 0.1) is 11.0 Å². The molecule has 0 aliphatic heterocycles. The van der Waals surface area contributed by atoms with Gasteiger partial charge in [-0.1, -0.05) is 77.9 Å². The second-order valence-corrected chi connectivity index (χ2v) is 15.5. The summed E-state index contributed by atoms with van der Waals surface area (Å²) in [7, 11) is -1.82. The smallest absolute Gasteiger partial charge is 0.135 e. The number of aryl methyl sites for hydroxylation is 2. The molecule has 2 heterocycles. The zero-order valence-corrected chi connectivity index (χ0v) is 27.2. The molecule has 0 atom stereocenters. The second-order valence-electron chi connectivity index (χ2n) is 12.4. The lowest BCUT2D eigenvalue weighted by Gasteiger charge is -2.42. The van der Waals surface area contributed by atoms with Crippen LogP contribution < -0.4 is 0 Å². The van der Waals surface area contributed by atoms with Gasteiger partial charge in [0, 0.05) is 46.8 Å². The van der Waals surface area contributed by atoms with Crippen LogP contribution in [0.15, 0.2) is 188 Å². The van der Waals surface area contributed by atoms with Gasteiger partial charge in [-0.15, -0.1) is 10.0 Å². The van der Waals surface area contributed by atoms with Gasteiger partial charge in [0.15, 0.2) is 0 Å². The minimum atomic E-state index is -1.82. The maximum atomic E-state index is 6.52. The lowest BCUT2D eigenvalue weighted by Crippen LogP contribution is -2.04. The Kier molecular flexibility index (Phi) is 6.38. The lowest BCUT2D eigenvalue weighted by molar-refractivity contribution is 0.668. The third-order valence-corrected chi connectivity index (χ3v) is 13.3. The zero-order valence-electron chi connectivity index (χ0n) is 26.4. The standard InChI is InChI=1S/C44H33NOS/c1-30-18-22-41-37(26-30)38-27-31(2)19-23-42(38)45(41)32-20-24-43-39(28-32)40-29-36(21-25-44(40)46-43)47(33-12-6-3-7-13-33,34-14-8-4-9-15-34)35-16-10-5-11-17-35/h3-29H,1-2H3. The molecule has 0 radical (unpaired) electrons. The minimum absolute atomic E-state index is 0.896. The maximum Gasteiger partial charge on any atom is 0.135 e. The highest BCUT2D eigenvalue weighted by atomic mass is 32.3. The monoisotopic (exact) mass is 623 g/mol. The SMILES string of the molecule is Cc1ccc2c(c1)c1cc(C)ccc1n2-c1ccc2oc3ccc(S(c4ccccc4)(c4ccccc4)c4ccccc4)cc3c2c1. The molecule has 7 aromatic carbocycles. The molecule has 0 aliphatic carbocycles. The van der Waals surface area contributed by atoms with Gasteiger partial charge < -0.3 is 8.98 Å². The van der Waals surface area contributed by atoms with Crippen LogP contribution in [-0.2, 0) is 0 Å². The fraction of sp³-hybridized carbons (Fsp3) is 0.0455. The first-order chi connectivity index (χ1) is 23.1. The molecule has 0 amide bonds. The summed E-state index contributed by atoms with van der Waals surface area (Å²) in [4.78, 5) is 5.20. The highest BCUT2D eigenvalue weighted by molar-refractivity contribution is 8.34. The fourth-order valence-corrected chi connectivity index (χ4v) is 11.2. The van der Waals surface area contributed by atoms with E-state index >= 15 is 0 Å². The van der Waals surface area contributed by atoms with E-state index in [9.17, 15) is 0 Å². The van der Waals surface area contributed by atoms with E-state index in [1.165, 1.54) is 52.5 Å². The molecule has 0 bridgehead atoms. The number of fused-ring (bicyclic) bond motifs is 6. The molecule has 9 rings (SSSR count). The molecule has 0 N–H and O–H groups in total. The molecule has 0 aliphatic rings. The summed E-state index contributed by atoms with van der Waals surface area (Å²) in [6.07, 6.45) is 0. The Morgan fingerprint density at radius 1 is 0.404 bits per heavy atom. The third-order valence-electron chi connectivity index (χ3n) is 9.40. The van der Waals surface area contributed by atoms with Crippen LogP contribution >= 0.6 is 10.0 Å². The molecule has 47 heavy (non-hydrogen) atoms. The predicted octanol–water partition coefficient (Wildman–Crippen LogP) is 12.6. The van der Waals surface area contributed by atoms with E-state index in [-0.39, 0.29) is 0 Å². The van der Waals surface area contributed by atoms with Crippen molar-refractivity contribution in [3.05, 3.63) is 175 Å². The predicted molar refractivity (Wildman–Crippen MR) is 198 cm³/mol. The van der Waals surface area contributed by atoms with E-state index in [0.717, 1.165) is 27.6 Å². The van der Waals surface area contributed by atoms with Crippen molar-refractivity contribution >= 4 is 53.8 Å². The Morgan fingerprint density at radius 3 is 1.38 bits per heavy atom. The lowest BCUT2D eigenvalue weighted by atomic mass is 10.1. The van der Waals surface area contributed by atoms with Gasteiger partial charge in [-0.2, -0.15) is 0 Å². The summed E-state index contributed by atoms with van der Waals surface area (Å²) >= 11 is 0. The molecule has 0 fully saturated rings. The van der Waals surface area contributed by atoms with Gasteiger partial charge in [-0.3, -0.25) is 0 Å². The number of benzene rings is 7. The van der Waals surface area contributed by atoms with Crippen LogP contribution in [0.25, 0.3) is 49.4 Å². The molecule has 2 nitrogen and oxygen atoms in total.